The molecule has 0 bridgehead atoms. The van der Waals surface area contributed by atoms with Crippen LogP contribution in [0.25, 0.3) is 11.3 Å². The first-order valence-corrected chi connectivity index (χ1v) is 10.4. The Kier molecular flexibility index (Phi) is 7.07. The van der Waals surface area contributed by atoms with Crippen molar-refractivity contribution in [1.82, 2.24) is 9.88 Å². The molecule has 1 aliphatic rings. The molecule has 1 aromatic heterocycles. The van der Waals surface area contributed by atoms with Crippen LogP contribution in [-0.4, -0.2) is 29.1 Å². The molecule has 156 valence electrons. The minimum absolute atomic E-state index is 0.0747. The fourth-order valence-corrected chi connectivity index (χ4v) is 3.96. The normalized spacial score (nSPS) is 15.0. The monoisotopic (exact) mass is 400 g/mol. The van der Waals surface area contributed by atoms with E-state index in [1.807, 2.05) is 4.57 Å². The molecule has 6 heteroatoms. The molecule has 0 unspecified atom stereocenters. The van der Waals surface area contributed by atoms with Gasteiger partial charge in [0.05, 0.1) is 12.2 Å². The lowest BCUT2D eigenvalue weighted by Crippen LogP contribution is -2.37. The van der Waals surface area contributed by atoms with E-state index in [1.54, 1.807) is 32.0 Å². The van der Waals surface area contributed by atoms with E-state index >= 15 is 0 Å². The van der Waals surface area contributed by atoms with Gasteiger partial charge in [0, 0.05) is 17.4 Å². The van der Waals surface area contributed by atoms with E-state index in [2.05, 4.69) is 5.32 Å². The minimum Gasteiger partial charge on any atom is -0.462 e. The number of carbonyl (C=O) groups is 2. The quantitative estimate of drug-likeness (QED) is 0.569. The zero-order chi connectivity index (χ0) is 20.8. The van der Waals surface area contributed by atoms with Crippen molar-refractivity contribution in [2.24, 2.45) is 0 Å². The molecule has 1 aromatic carbocycles. The summed E-state index contributed by atoms with van der Waals surface area (Å²) in [4.78, 5) is 25.1. The second-order valence-corrected chi connectivity index (χ2v) is 7.60. The van der Waals surface area contributed by atoms with Crippen LogP contribution in [0.15, 0.2) is 30.3 Å². The summed E-state index contributed by atoms with van der Waals surface area (Å²) < 4.78 is 20.3. The molecule has 1 saturated carbocycles. The van der Waals surface area contributed by atoms with E-state index in [0.29, 0.717) is 17.0 Å². The molecule has 5 nitrogen and oxygen atoms in total. The highest BCUT2D eigenvalue weighted by Crippen LogP contribution is 2.27. The van der Waals surface area contributed by atoms with Crippen LogP contribution in [0.1, 0.15) is 61.5 Å². The number of esters is 1. The lowest BCUT2D eigenvalue weighted by molar-refractivity contribution is -0.122. The van der Waals surface area contributed by atoms with Gasteiger partial charge in [0.2, 0.25) is 5.91 Å². The van der Waals surface area contributed by atoms with E-state index in [1.165, 1.54) is 25.0 Å². The number of aromatic nitrogens is 1. The van der Waals surface area contributed by atoms with Gasteiger partial charge in [-0.2, -0.15) is 0 Å². The van der Waals surface area contributed by atoms with Gasteiger partial charge in [0.1, 0.15) is 12.4 Å². The van der Waals surface area contributed by atoms with Crippen LogP contribution in [0.4, 0.5) is 4.39 Å². The Morgan fingerprint density at radius 3 is 2.41 bits per heavy atom. The Morgan fingerprint density at radius 2 is 1.79 bits per heavy atom. The molecule has 0 saturated heterocycles. The van der Waals surface area contributed by atoms with Crippen molar-refractivity contribution in [3.05, 3.63) is 47.4 Å². The van der Waals surface area contributed by atoms with Gasteiger partial charge in [-0.15, -0.1) is 0 Å². The zero-order valence-electron chi connectivity index (χ0n) is 17.2. The number of hydrogen-bond acceptors (Lipinski definition) is 3. The maximum atomic E-state index is 13.4. The summed E-state index contributed by atoms with van der Waals surface area (Å²) in [6, 6.07) is 7.98. The number of amides is 1. The Morgan fingerprint density at radius 1 is 1.14 bits per heavy atom. The van der Waals surface area contributed by atoms with E-state index < -0.39 is 5.97 Å². The van der Waals surface area contributed by atoms with Crippen molar-refractivity contribution in [2.75, 3.05) is 6.61 Å². The largest absolute Gasteiger partial charge is 0.462 e. The summed E-state index contributed by atoms with van der Waals surface area (Å²) in [5, 5.41) is 3.15. The second-order valence-electron chi connectivity index (χ2n) is 7.60. The van der Waals surface area contributed by atoms with Gasteiger partial charge in [-0.25, -0.2) is 9.18 Å². The third kappa shape index (κ3) is 5.25. The number of carbonyl (C=O) groups excluding carboxylic acids is 2. The van der Waals surface area contributed by atoms with Gasteiger partial charge in [-0.3, -0.25) is 4.79 Å². The molecule has 2 aromatic rings. The van der Waals surface area contributed by atoms with E-state index in [4.69, 9.17) is 4.74 Å². The van der Waals surface area contributed by atoms with Crippen LogP contribution in [-0.2, 0) is 16.1 Å². The summed E-state index contributed by atoms with van der Waals surface area (Å²) >= 11 is 0. The summed E-state index contributed by atoms with van der Waals surface area (Å²) in [6.07, 6.45) is 6.74. The van der Waals surface area contributed by atoms with Gasteiger partial charge in [0.25, 0.3) is 0 Å². The van der Waals surface area contributed by atoms with Crippen LogP contribution in [0.2, 0.25) is 0 Å². The topological polar surface area (TPSA) is 60.3 Å². The van der Waals surface area contributed by atoms with E-state index in [9.17, 15) is 14.0 Å². The number of nitrogens with one attached hydrogen (secondary N) is 1. The molecule has 1 heterocycles. The Hall–Kier alpha value is -2.63. The van der Waals surface area contributed by atoms with Gasteiger partial charge >= 0.3 is 5.97 Å². The molecular formula is C23H29FN2O3. The number of ether oxygens (including phenoxy) is 1. The van der Waals surface area contributed by atoms with Crippen LogP contribution >= 0.6 is 0 Å². The molecule has 3 rings (SSSR count). The SMILES string of the molecule is CCOC(=O)c1cc(-c2ccc(F)cc2)n(CC(=O)NC2CCCCCC2)c1C. The summed E-state index contributed by atoms with van der Waals surface area (Å²) in [5.74, 6) is -0.828. The molecule has 0 spiro atoms. The second kappa shape index (κ2) is 9.72. The lowest BCUT2D eigenvalue weighted by atomic mass is 10.1. The molecule has 1 amide bonds. The number of benzene rings is 1. The van der Waals surface area contributed by atoms with Crippen LogP contribution < -0.4 is 5.32 Å². The predicted molar refractivity (Wildman–Crippen MR) is 110 cm³/mol. The number of halogens is 1. The molecule has 0 atom stereocenters. The Labute approximate surface area is 171 Å². The van der Waals surface area contributed by atoms with Gasteiger partial charge < -0.3 is 14.6 Å². The predicted octanol–water partition coefficient (Wildman–Crippen LogP) is 4.62. The Bertz CT molecular complexity index is 850. The highest BCUT2D eigenvalue weighted by Gasteiger charge is 2.22. The van der Waals surface area contributed by atoms with Gasteiger partial charge in [-0.05, 0) is 62.6 Å². The zero-order valence-corrected chi connectivity index (χ0v) is 17.2. The molecule has 29 heavy (non-hydrogen) atoms. The number of rotatable bonds is 6. The standard InChI is InChI=1S/C23H29FN2O3/c1-3-29-23(28)20-14-21(17-10-12-18(24)13-11-17)26(16(20)2)15-22(27)25-19-8-6-4-5-7-9-19/h10-14,19H,3-9,15H2,1-2H3,(H,25,27). The van der Waals surface area contributed by atoms with Crippen molar-refractivity contribution in [1.29, 1.82) is 0 Å². The van der Waals surface area contributed by atoms with Gasteiger partial charge in [-0.1, -0.05) is 25.7 Å². The van der Waals surface area contributed by atoms with Crippen molar-refractivity contribution >= 4 is 11.9 Å². The van der Waals surface area contributed by atoms with Crippen molar-refractivity contribution in [3.8, 4) is 11.3 Å². The lowest BCUT2D eigenvalue weighted by Gasteiger charge is -2.18. The third-order valence-corrected chi connectivity index (χ3v) is 5.52. The summed E-state index contributed by atoms with van der Waals surface area (Å²) in [6.45, 7) is 3.94. The van der Waals surface area contributed by atoms with Crippen LogP contribution in [0.5, 0.6) is 0 Å². The van der Waals surface area contributed by atoms with Crippen molar-refractivity contribution < 1.29 is 18.7 Å². The number of hydrogen-bond donors (Lipinski definition) is 1. The molecule has 1 aliphatic carbocycles. The molecule has 1 fully saturated rings. The van der Waals surface area contributed by atoms with E-state index in [-0.39, 0.29) is 30.9 Å². The average molecular weight is 400 g/mol. The fourth-order valence-electron chi connectivity index (χ4n) is 3.96. The highest BCUT2D eigenvalue weighted by atomic mass is 19.1. The summed E-state index contributed by atoms with van der Waals surface area (Å²) in [5.41, 5.74) is 2.53. The average Bonchev–Trinajstić information content (AvgIpc) is 2.85. The molecule has 0 aliphatic heterocycles. The minimum atomic E-state index is -0.420. The maximum Gasteiger partial charge on any atom is 0.339 e. The third-order valence-electron chi connectivity index (χ3n) is 5.52. The molecular weight excluding hydrogens is 371 g/mol. The smallest absolute Gasteiger partial charge is 0.339 e. The first kappa shape index (κ1) is 21.1. The van der Waals surface area contributed by atoms with Crippen LogP contribution in [0.3, 0.4) is 0 Å². The first-order valence-electron chi connectivity index (χ1n) is 10.4. The highest BCUT2D eigenvalue weighted by molar-refractivity contribution is 5.93. The van der Waals surface area contributed by atoms with Gasteiger partial charge in [0.15, 0.2) is 0 Å². The van der Waals surface area contributed by atoms with Crippen LogP contribution in [0, 0.1) is 12.7 Å². The number of nitrogens with zero attached hydrogens (tertiary/aromatic N) is 1. The summed E-state index contributed by atoms with van der Waals surface area (Å²) in [7, 11) is 0. The maximum absolute atomic E-state index is 13.4. The van der Waals surface area contributed by atoms with Crippen molar-refractivity contribution in [2.45, 2.75) is 65.0 Å². The molecule has 1 N–H and O–H groups in total. The van der Waals surface area contributed by atoms with Crippen molar-refractivity contribution in [3.63, 3.8) is 0 Å². The fraction of sp³-hybridized carbons (Fsp3) is 0.478. The Balaban J connectivity index is 1.87. The molecule has 0 radical (unpaired) electrons. The van der Waals surface area contributed by atoms with E-state index in [0.717, 1.165) is 31.2 Å². The first-order chi connectivity index (χ1) is 14.0.